The number of hydrogen-bond donors (Lipinski definition) is 1. The van der Waals surface area contributed by atoms with Crippen LogP contribution in [0.4, 0.5) is 0 Å². The van der Waals surface area contributed by atoms with Crippen molar-refractivity contribution in [3.8, 4) is 0 Å². The van der Waals surface area contributed by atoms with Gasteiger partial charge >= 0.3 is 5.97 Å². The average molecular weight is 287 g/mol. The Bertz CT molecular complexity index is 416. The second-order valence-corrected chi connectivity index (χ2v) is 6.54. The minimum atomic E-state index is -0.825. The first kappa shape index (κ1) is 13.7. The van der Waals surface area contributed by atoms with Crippen LogP contribution in [0, 0.1) is 5.92 Å². The summed E-state index contributed by atoms with van der Waals surface area (Å²) in [6, 6.07) is 0. The highest BCUT2D eigenvalue weighted by Gasteiger charge is 2.17. The standard InChI is InChI=1S/C11H17N3O2S2/c1-14-11(18-7-10(15)16)12-9(13-14)6-8-2-4-17-5-3-8/h8H,2-7H2,1H3,(H,15,16). The maximum Gasteiger partial charge on any atom is 0.313 e. The largest absolute Gasteiger partial charge is 0.481 e. The third kappa shape index (κ3) is 3.91. The summed E-state index contributed by atoms with van der Waals surface area (Å²) in [5, 5.41) is 13.7. The van der Waals surface area contributed by atoms with Crippen molar-refractivity contribution in [2.75, 3.05) is 17.3 Å². The molecule has 0 saturated carbocycles. The van der Waals surface area contributed by atoms with Gasteiger partial charge in [0, 0.05) is 13.5 Å². The number of carboxylic acid groups (broad SMARTS) is 1. The zero-order valence-corrected chi connectivity index (χ0v) is 12.0. The number of aryl methyl sites for hydroxylation is 1. The SMILES string of the molecule is Cn1nc(CC2CCSCC2)nc1SCC(=O)O. The summed E-state index contributed by atoms with van der Waals surface area (Å²) < 4.78 is 1.68. The van der Waals surface area contributed by atoms with E-state index in [0.717, 1.165) is 12.2 Å². The summed E-state index contributed by atoms with van der Waals surface area (Å²) >= 11 is 3.24. The van der Waals surface area contributed by atoms with Crippen molar-refractivity contribution in [1.82, 2.24) is 14.8 Å². The molecule has 1 aromatic rings. The molecule has 5 nitrogen and oxygen atoms in total. The van der Waals surface area contributed by atoms with Crippen molar-refractivity contribution in [3.63, 3.8) is 0 Å². The highest BCUT2D eigenvalue weighted by atomic mass is 32.2. The van der Waals surface area contributed by atoms with Gasteiger partial charge in [0.25, 0.3) is 0 Å². The van der Waals surface area contributed by atoms with Crippen molar-refractivity contribution in [3.05, 3.63) is 5.82 Å². The predicted molar refractivity (Wildman–Crippen MR) is 73.1 cm³/mol. The lowest BCUT2D eigenvalue weighted by molar-refractivity contribution is -0.133. The first-order chi connectivity index (χ1) is 8.65. The molecule has 0 radical (unpaired) electrons. The van der Waals surface area contributed by atoms with Crippen LogP contribution in [0.3, 0.4) is 0 Å². The molecule has 0 unspecified atom stereocenters. The fourth-order valence-corrected chi connectivity index (χ4v) is 3.82. The van der Waals surface area contributed by atoms with Crippen molar-refractivity contribution in [2.45, 2.75) is 24.4 Å². The lowest BCUT2D eigenvalue weighted by atomic mass is 9.99. The molecule has 1 aliphatic heterocycles. The van der Waals surface area contributed by atoms with E-state index in [2.05, 4.69) is 10.1 Å². The van der Waals surface area contributed by atoms with Gasteiger partial charge in [-0.3, -0.25) is 4.79 Å². The Balaban J connectivity index is 1.92. The Hall–Kier alpha value is -0.690. The van der Waals surface area contributed by atoms with E-state index >= 15 is 0 Å². The number of aromatic nitrogens is 3. The fraction of sp³-hybridized carbons (Fsp3) is 0.727. The molecule has 1 saturated heterocycles. The van der Waals surface area contributed by atoms with Crippen LogP contribution >= 0.6 is 23.5 Å². The van der Waals surface area contributed by atoms with E-state index < -0.39 is 5.97 Å². The predicted octanol–water partition coefficient (Wildman–Crippen LogP) is 1.68. The molecule has 7 heteroatoms. The number of hydrogen-bond acceptors (Lipinski definition) is 5. The maximum absolute atomic E-state index is 10.5. The van der Waals surface area contributed by atoms with E-state index in [9.17, 15) is 4.79 Å². The van der Waals surface area contributed by atoms with Crippen molar-refractivity contribution in [1.29, 1.82) is 0 Å². The number of carboxylic acids is 1. The second kappa shape index (κ2) is 6.47. The quantitative estimate of drug-likeness (QED) is 0.831. The monoisotopic (exact) mass is 287 g/mol. The first-order valence-corrected chi connectivity index (χ1v) is 8.11. The van der Waals surface area contributed by atoms with Crippen molar-refractivity contribution >= 4 is 29.5 Å². The molecule has 100 valence electrons. The minimum Gasteiger partial charge on any atom is -0.481 e. The van der Waals surface area contributed by atoms with Gasteiger partial charge in [-0.05, 0) is 30.3 Å². The van der Waals surface area contributed by atoms with E-state index in [4.69, 9.17) is 5.11 Å². The first-order valence-electron chi connectivity index (χ1n) is 5.97. The molecule has 0 bridgehead atoms. The van der Waals surface area contributed by atoms with E-state index in [1.54, 1.807) is 4.68 Å². The van der Waals surface area contributed by atoms with Crippen LogP contribution in [0.1, 0.15) is 18.7 Å². The molecule has 1 aliphatic rings. The lowest BCUT2D eigenvalue weighted by Crippen LogP contribution is -2.13. The minimum absolute atomic E-state index is 0.0338. The van der Waals surface area contributed by atoms with Gasteiger partial charge in [-0.25, -0.2) is 9.67 Å². The Morgan fingerprint density at radius 1 is 1.56 bits per heavy atom. The molecule has 0 aromatic carbocycles. The van der Waals surface area contributed by atoms with Gasteiger partial charge in [-0.2, -0.15) is 16.9 Å². The van der Waals surface area contributed by atoms with Gasteiger partial charge in [0.05, 0.1) is 5.75 Å². The Morgan fingerprint density at radius 3 is 2.94 bits per heavy atom. The van der Waals surface area contributed by atoms with E-state index in [-0.39, 0.29) is 5.75 Å². The normalized spacial score (nSPS) is 16.9. The van der Waals surface area contributed by atoms with Gasteiger partial charge < -0.3 is 5.11 Å². The van der Waals surface area contributed by atoms with Crippen LogP contribution in [-0.4, -0.2) is 43.1 Å². The molecule has 1 aromatic heterocycles. The van der Waals surface area contributed by atoms with Crippen LogP contribution in [0.15, 0.2) is 5.16 Å². The zero-order valence-electron chi connectivity index (χ0n) is 10.3. The fourth-order valence-electron chi connectivity index (χ4n) is 1.97. The number of thioether (sulfide) groups is 2. The van der Waals surface area contributed by atoms with Crippen LogP contribution in [-0.2, 0) is 18.3 Å². The molecule has 0 spiro atoms. The Morgan fingerprint density at radius 2 is 2.28 bits per heavy atom. The molecule has 1 fully saturated rings. The molecule has 0 atom stereocenters. The smallest absolute Gasteiger partial charge is 0.313 e. The van der Waals surface area contributed by atoms with Gasteiger partial charge in [0.15, 0.2) is 11.0 Å². The molecular formula is C11H17N3O2S2. The molecule has 2 rings (SSSR count). The number of nitrogens with zero attached hydrogens (tertiary/aromatic N) is 3. The third-order valence-corrected chi connectivity index (χ3v) is 4.96. The van der Waals surface area contributed by atoms with Crippen LogP contribution in [0.2, 0.25) is 0 Å². The van der Waals surface area contributed by atoms with Gasteiger partial charge in [0.2, 0.25) is 0 Å². The molecular weight excluding hydrogens is 270 g/mol. The summed E-state index contributed by atoms with van der Waals surface area (Å²) in [5.41, 5.74) is 0. The Kier molecular flexibility index (Phi) is 4.94. The van der Waals surface area contributed by atoms with Crippen LogP contribution in [0.25, 0.3) is 0 Å². The van der Waals surface area contributed by atoms with E-state index in [1.807, 2.05) is 18.8 Å². The topological polar surface area (TPSA) is 68.0 Å². The van der Waals surface area contributed by atoms with Crippen LogP contribution in [0.5, 0.6) is 0 Å². The summed E-state index contributed by atoms with van der Waals surface area (Å²) in [6.45, 7) is 0. The highest BCUT2D eigenvalue weighted by molar-refractivity contribution is 7.99. The van der Waals surface area contributed by atoms with Gasteiger partial charge in [-0.15, -0.1) is 0 Å². The summed E-state index contributed by atoms with van der Waals surface area (Å²) in [4.78, 5) is 14.9. The van der Waals surface area contributed by atoms with Crippen molar-refractivity contribution in [2.24, 2.45) is 13.0 Å². The summed E-state index contributed by atoms with van der Waals surface area (Å²) in [7, 11) is 1.82. The number of aliphatic carboxylic acids is 1. The third-order valence-electron chi connectivity index (χ3n) is 2.90. The maximum atomic E-state index is 10.5. The molecule has 1 N–H and O–H groups in total. The van der Waals surface area contributed by atoms with Gasteiger partial charge in [0.1, 0.15) is 0 Å². The van der Waals surface area contributed by atoms with Crippen LogP contribution < -0.4 is 0 Å². The summed E-state index contributed by atoms with van der Waals surface area (Å²) in [5.74, 6) is 3.21. The Labute approximate surface area is 115 Å². The number of carbonyl (C=O) groups is 1. The molecule has 2 heterocycles. The summed E-state index contributed by atoms with van der Waals surface area (Å²) in [6.07, 6.45) is 3.39. The zero-order chi connectivity index (χ0) is 13.0. The highest BCUT2D eigenvalue weighted by Crippen LogP contribution is 2.25. The molecule has 18 heavy (non-hydrogen) atoms. The second-order valence-electron chi connectivity index (χ2n) is 4.38. The van der Waals surface area contributed by atoms with Gasteiger partial charge in [-0.1, -0.05) is 11.8 Å². The van der Waals surface area contributed by atoms with E-state index in [0.29, 0.717) is 11.1 Å². The molecule has 0 amide bonds. The number of rotatable bonds is 5. The van der Waals surface area contributed by atoms with E-state index in [1.165, 1.54) is 36.1 Å². The van der Waals surface area contributed by atoms with Crippen molar-refractivity contribution < 1.29 is 9.90 Å². The molecule has 0 aliphatic carbocycles. The lowest BCUT2D eigenvalue weighted by Gasteiger charge is -2.19. The average Bonchev–Trinajstić information content (AvgIpc) is 2.68.